The summed E-state index contributed by atoms with van der Waals surface area (Å²) < 4.78 is 0. The minimum atomic E-state index is 0.606. The van der Waals surface area contributed by atoms with E-state index in [2.05, 4.69) is 0 Å². The van der Waals surface area contributed by atoms with Crippen LogP contribution in [-0.2, 0) is 9.63 Å². The van der Waals surface area contributed by atoms with Crippen molar-refractivity contribution >= 4 is 6.41 Å². The minimum absolute atomic E-state index is 0.606. The molecule has 0 aliphatic heterocycles. The van der Waals surface area contributed by atoms with Crippen molar-refractivity contribution in [3.8, 4) is 0 Å². The second kappa shape index (κ2) is 4.59. The Hall–Kier alpha value is -0.570. The molecule has 0 aromatic rings. The van der Waals surface area contributed by atoms with E-state index in [1.54, 1.807) is 7.05 Å². The average molecular weight is 117 g/mol. The number of rotatable bonds is 4. The molecule has 0 bridgehead atoms. The zero-order valence-corrected chi connectivity index (χ0v) is 5.26. The molecule has 3 heteroatoms. The Bertz CT molecular complexity index is 65.4. The smallest absolute Gasteiger partial charge is 0.233 e. The van der Waals surface area contributed by atoms with Crippen molar-refractivity contribution in [1.82, 2.24) is 5.06 Å². The number of carbonyl (C=O) groups excluding carboxylic acids is 1. The van der Waals surface area contributed by atoms with Crippen LogP contribution in [-0.4, -0.2) is 25.1 Å². The summed E-state index contributed by atoms with van der Waals surface area (Å²) in [4.78, 5) is 14.6. The van der Waals surface area contributed by atoms with Gasteiger partial charge in [0.15, 0.2) is 0 Å². The molecule has 1 amide bonds. The van der Waals surface area contributed by atoms with E-state index >= 15 is 0 Å². The maximum absolute atomic E-state index is 9.81. The van der Waals surface area contributed by atoms with Gasteiger partial charge in [0.1, 0.15) is 0 Å². The van der Waals surface area contributed by atoms with Gasteiger partial charge in [-0.1, -0.05) is 6.92 Å². The summed E-state index contributed by atoms with van der Waals surface area (Å²) >= 11 is 0. The molecule has 0 fully saturated rings. The fraction of sp³-hybridized carbons (Fsp3) is 0.800. The lowest BCUT2D eigenvalue weighted by Gasteiger charge is -2.07. The molecule has 0 saturated carbocycles. The number of hydroxylamine groups is 2. The van der Waals surface area contributed by atoms with Gasteiger partial charge in [-0.2, -0.15) is 0 Å². The van der Waals surface area contributed by atoms with Crippen LogP contribution in [0.3, 0.4) is 0 Å². The van der Waals surface area contributed by atoms with Crippen LogP contribution in [0.15, 0.2) is 0 Å². The van der Waals surface area contributed by atoms with Crippen LogP contribution >= 0.6 is 0 Å². The Morgan fingerprint density at radius 2 is 2.38 bits per heavy atom. The molecule has 0 aromatic carbocycles. The third kappa shape index (κ3) is 3.61. The molecule has 0 spiro atoms. The second-order valence-corrected chi connectivity index (χ2v) is 1.48. The van der Waals surface area contributed by atoms with Crippen LogP contribution in [0.4, 0.5) is 0 Å². The molecule has 0 unspecified atom stereocenters. The monoisotopic (exact) mass is 117 g/mol. The molecule has 0 atom stereocenters. The van der Waals surface area contributed by atoms with Crippen molar-refractivity contribution in [3.05, 3.63) is 0 Å². The van der Waals surface area contributed by atoms with Gasteiger partial charge < -0.3 is 0 Å². The van der Waals surface area contributed by atoms with Crippen LogP contribution in [0.25, 0.3) is 0 Å². The van der Waals surface area contributed by atoms with E-state index < -0.39 is 0 Å². The highest BCUT2D eigenvalue weighted by Gasteiger charge is 1.87. The number of carbonyl (C=O) groups is 1. The third-order valence-corrected chi connectivity index (χ3v) is 0.647. The summed E-state index contributed by atoms with van der Waals surface area (Å²) in [7, 11) is 1.57. The summed E-state index contributed by atoms with van der Waals surface area (Å²) in [6.45, 7) is 2.59. The number of nitrogens with zero attached hydrogens (tertiary/aromatic N) is 1. The zero-order valence-electron chi connectivity index (χ0n) is 5.26. The molecule has 0 aliphatic rings. The molecule has 0 N–H and O–H groups in total. The fourth-order valence-electron chi connectivity index (χ4n) is 0.266. The van der Waals surface area contributed by atoms with Crippen molar-refractivity contribution in [2.45, 2.75) is 13.3 Å². The molecule has 3 nitrogen and oxygen atoms in total. The first kappa shape index (κ1) is 7.43. The van der Waals surface area contributed by atoms with Crippen molar-refractivity contribution in [3.63, 3.8) is 0 Å². The minimum Gasteiger partial charge on any atom is -0.276 e. The van der Waals surface area contributed by atoms with Gasteiger partial charge in [-0.3, -0.25) is 9.63 Å². The summed E-state index contributed by atoms with van der Waals surface area (Å²) in [6, 6.07) is 0. The maximum atomic E-state index is 9.81. The Kier molecular flexibility index (Phi) is 4.26. The Morgan fingerprint density at radius 1 is 1.75 bits per heavy atom. The van der Waals surface area contributed by atoms with Crippen LogP contribution < -0.4 is 0 Å². The zero-order chi connectivity index (χ0) is 6.41. The average Bonchev–Trinajstić information content (AvgIpc) is 1.83. The third-order valence-electron chi connectivity index (χ3n) is 0.647. The number of hydrogen-bond donors (Lipinski definition) is 0. The lowest BCUT2D eigenvalue weighted by Crippen LogP contribution is -2.16. The SMILES string of the molecule is CCCON(C)C=O. The van der Waals surface area contributed by atoms with Gasteiger partial charge >= 0.3 is 0 Å². The predicted molar refractivity (Wildman–Crippen MR) is 30.1 cm³/mol. The van der Waals surface area contributed by atoms with E-state index in [0.29, 0.717) is 13.0 Å². The Morgan fingerprint density at radius 3 is 2.75 bits per heavy atom. The van der Waals surface area contributed by atoms with Crippen molar-refractivity contribution in [2.24, 2.45) is 0 Å². The first-order valence-corrected chi connectivity index (χ1v) is 2.62. The number of hydrogen-bond acceptors (Lipinski definition) is 2. The van der Waals surface area contributed by atoms with Gasteiger partial charge in [-0.25, -0.2) is 5.06 Å². The van der Waals surface area contributed by atoms with Crippen molar-refractivity contribution in [2.75, 3.05) is 13.7 Å². The van der Waals surface area contributed by atoms with Crippen LogP contribution in [0, 0.1) is 0 Å². The van der Waals surface area contributed by atoms with E-state index in [-0.39, 0.29) is 0 Å². The maximum Gasteiger partial charge on any atom is 0.233 e. The summed E-state index contributed by atoms with van der Waals surface area (Å²) in [5, 5.41) is 1.16. The summed E-state index contributed by atoms with van der Waals surface area (Å²) in [5.74, 6) is 0. The highest BCUT2D eigenvalue weighted by molar-refractivity contribution is 5.44. The lowest BCUT2D eigenvalue weighted by atomic mass is 10.5. The number of amides is 1. The molecule has 0 saturated heterocycles. The predicted octanol–water partition coefficient (Wildman–Crippen LogP) is 0.416. The second-order valence-electron chi connectivity index (χ2n) is 1.48. The standard InChI is InChI=1S/C5H11NO2/c1-3-4-8-6(2)5-7/h5H,3-4H2,1-2H3. The molecular formula is C5H11NO2. The molecule has 8 heavy (non-hydrogen) atoms. The first-order chi connectivity index (χ1) is 3.81. The molecule has 0 aliphatic carbocycles. The van der Waals surface area contributed by atoms with Gasteiger partial charge in [0.05, 0.1) is 6.61 Å². The van der Waals surface area contributed by atoms with Gasteiger partial charge in [-0.05, 0) is 6.42 Å². The highest BCUT2D eigenvalue weighted by atomic mass is 16.7. The topological polar surface area (TPSA) is 29.5 Å². The largest absolute Gasteiger partial charge is 0.276 e. The van der Waals surface area contributed by atoms with Crippen LogP contribution in [0.5, 0.6) is 0 Å². The molecular weight excluding hydrogens is 106 g/mol. The van der Waals surface area contributed by atoms with Crippen molar-refractivity contribution < 1.29 is 9.63 Å². The molecule has 0 radical (unpaired) electrons. The van der Waals surface area contributed by atoms with E-state index in [1.165, 1.54) is 0 Å². The van der Waals surface area contributed by atoms with E-state index in [9.17, 15) is 4.79 Å². The quantitative estimate of drug-likeness (QED) is 0.394. The molecule has 0 aromatic heterocycles. The normalized spacial score (nSPS) is 8.75. The van der Waals surface area contributed by atoms with Gasteiger partial charge in [-0.15, -0.1) is 0 Å². The highest BCUT2D eigenvalue weighted by Crippen LogP contribution is 1.81. The van der Waals surface area contributed by atoms with Gasteiger partial charge in [0.25, 0.3) is 0 Å². The first-order valence-electron chi connectivity index (χ1n) is 2.62. The Labute approximate surface area is 49.2 Å². The molecule has 0 rings (SSSR count). The summed E-state index contributed by atoms with van der Waals surface area (Å²) in [6.07, 6.45) is 1.56. The lowest BCUT2D eigenvalue weighted by molar-refractivity contribution is -0.163. The van der Waals surface area contributed by atoms with Gasteiger partial charge in [0.2, 0.25) is 6.41 Å². The van der Waals surface area contributed by atoms with E-state index in [1.807, 2.05) is 6.92 Å². The summed E-state index contributed by atoms with van der Waals surface area (Å²) in [5.41, 5.74) is 0. The van der Waals surface area contributed by atoms with E-state index in [0.717, 1.165) is 11.5 Å². The van der Waals surface area contributed by atoms with Crippen molar-refractivity contribution in [1.29, 1.82) is 0 Å². The van der Waals surface area contributed by atoms with E-state index in [4.69, 9.17) is 4.84 Å². The molecule has 0 heterocycles. The van der Waals surface area contributed by atoms with Crippen LogP contribution in [0.2, 0.25) is 0 Å². The van der Waals surface area contributed by atoms with Crippen LogP contribution in [0.1, 0.15) is 13.3 Å². The Balaban J connectivity index is 2.98. The fourth-order valence-corrected chi connectivity index (χ4v) is 0.266. The van der Waals surface area contributed by atoms with Gasteiger partial charge in [0, 0.05) is 7.05 Å². The molecule has 48 valence electrons.